The van der Waals surface area contributed by atoms with Crippen molar-refractivity contribution in [1.29, 1.82) is 5.26 Å². The first kappa shape index (κ1) is 8.85. The quantitative estimate of drug-likeness (QED) is 0.670. The fourth-order valence-electron chi connectivity index (χ4n) is 1.17. The van der Waals surface area contributed by atoms with Gasteiger partial charge in [0.1, 0.15) is 6.61 Å². The van der Waals surface area contributed by atoms with E-state index >= 15 is 0 Å². The van der Waals surface area contributed by atoms with Gasteiger partial charge < -0.3 is 10.1 Å². The van der Waals surface area contributed by atoms with Gasteiger partial charge in [0.05, 0.1) is 11.5 Å². The summed E-state index contributed by atoms with van der Waals surface area (Å²) in [5.41, 5.74) is -0.382. The Morgan fingerprint density at radius 3 is 2.75 bits per heavy atom. The number of nitriles is 1. The van der Waals surface area contributed by atoms with Crippen molar-refractivity contribution >= 4 is 6.09 Å². The van der Waals surface area contributed by atoms with Gasteiger partial charge in [-0.05, 0) is 12.8 Å². The first-order valence-corrected chi connectivity index (χ1v) is 3.98. The summed E-state index contributed by atoms with van der Waals surface area (Å²) in [7, 11) is 1.50. The van der Waals surface area contributed by atoms with Crippen LogP contribution in [0.2, 0.25) is 0 Å². The third kappa shape index (κ3) is 1.67. The summed E-state index contributed by atoms with van der Waals surface area (Å²) < 4.78 is 4.82. The number of ether oxygens (including phenoxy) is 1. The van der Waals surface area contributed by atoms with Crippen molar-refractivity contribution in [2.75, 3.05) is 13.7 Å². The lowest BCUT2D eigenvalue weighted by atomic mass is 9.71. The van der Waals surface area contributed by atoms with Crippen molar-refractivity contribution in [2.45, 2.75) is 19.3 Å². The smallest absolute Gasteiger partial charge is 0.406 e. The van der Waals surface area contributed by atoms with Crippen LogP contribution in [-0.2, 0) is 4.74 Å². The Kier molecular flexibility index (Phi) is 2.54. The normalized spacial score (nSPS) is 18.7. The fourth-order valence-corrected chi connectivity index (χ4v) is 1.17. The highest BCUT2D eigenvalue weighted by atomic mass is 16.5. The van der Waals surface area contributed by atoms with E-state index < -0.39 is 6.09 Å². The van der Waals surface area contributed by atoms with Gasteiger partial charge in [0.15, 0.2) is 0 Å². The average molecular weight is 168 g/mol. The zero-order chi connectivity index (χ0) is 9.03. The van der Waals surface area contributed by atoms with Crippen molar-refractivity contribution in [3.63, 3.8) is 0 Å². The van der Waals surface area contributed by atoms with E-state index in [1.807, 2.05) is 0 Å². The summed E-state index contributed by atoms with van der Waals surface area (Å²) in [4.78, 5) is 10.7. The minimum absolute atomic E-state index is 0.225. The maximum atomic E-state index is 10.7. The van der Waals surface area contributed by atoms with Gasteiger partial charge in [0.25, 0.3) is 0 Å². The molecule has 0 aliphatic heterocycles. The molecular weight excluding hydrogens is 156 g/mol. The number of nitrogens with one attached hydrogen (secondary N) is 1. The number of hydrogen-bond acceptors (Lipinski definition) is 3. The van der Waals surface area contributed by atoms with Gasteiger partial charge in [-0.3, -0.25) is 0 Å². The molecule has 0 radical (unpaired) electrons. The molecule has 0 aromatic heterocycles. The third-order valence-corrected chi connectivity index (χ3v) is 2.23. The fraction of sp³-hybridized carbons (Fsp3) is 0.750. The van der Waals surface area contributed by atoms with Gasteiger partial charge in [-0.2, -0.15) is 5.26 Å². The molecule has 0 aromatic rings. The first-order chi connectivity index (χ1) is 5.72. The zero-order valence-corrected chi connectivity index (χ0v) is 7.09. The zero-order valence-electron chi connectivity index (χ0n) is 7.09. The second-order valence-corrected chi connectivity index (χ2v) is 3.07. The van der Waals surface area contributed by atoms with Crippen LogP contribution >= 0.6 is 0 Å². The molecule has 0 spiro atoms. The minimum atomic E-state index is -0.462. The molecule has 1 fully saturated rings. The summed E-state index contributed by atoms with van der Waals surface area (Å²) in [6.45, 7) is 0.225. The van der Waals surface area contributed by atoms with Crippen LogP contribution in [0, 0.1) is 16.7 Å². The molecule has 1 amide bonds. The number of hydrogen-bond donors (Lipinski definition) is 1. The van der Waals surface area contributed by atoms with Gasteiger partial charge in [-0.25, -0.2) is 4.79 Å². The van der Waals surface area contributed by atoms with E-state index in [4.69, 9.17) is 10.00 Å². The Bertz CT molecular complexity index is 216. The summed E-state index contributed by atoms with van der Waals surface area (Å²) in [5.74, 6) is 0. The molecule has 1 saturated carbocycles. The maximum absolute atomic E-state index is 10.7. The van der Waals surface area contributed by atoms with Crippen molar-refractivity contribution in [3.8, 4) is 6.07 Å². The monoisotopic (exact) mass is 168 g/mol. The number of rotatable bonds is 2. The Morgan fingerprint density at radius 1 is 1.75 bits per heavy atom. The van der Waals surface area contributed by atoms with Crippen molar-refractivity contribution in [2.24, 2.45) is 5.41 Å². The highest BCUT2D eigenvalue weighted by Gasteiger charge is 2.38. The van der Waals surface area contributed by atoms with E-state index in [0.29, 0.717) is 0 Å². The lowest BCUT2D eigenvalue weighted by Crippen LogP contribution is -2.35. The number of nitrogens with zero attached hydrogens (tertiary/aromatic N) is 1. The molecule has 4 nitrogen and oxygen atoms in total. The lowest BCUT2D eigenvalue weighted by Gasteiger charge is -2.33. The molecule has 12 heavy (non-hydrogen) atoms. The minimum Gasteiger partial charge on any atom is -0.448 e. The Labute approximate surface area is 71.5 Å². The summed E-state index contributed by atoms with van der Waals surface area (Å²) in [5, 5.41) is 11.1. The summed E-state index contributed by atoms with van der Waals surface area (Å²) in [6, 6.07) is 2.19. The number of carbonyl (C=O) groups excluding carboxylic acids is 1. The molecule has 1 aliphatic rings. The molecule has 1 aliphatic carbocycles. The van der Waals surface area contributed by atoms with Crippen LogP contribution in [0.15, 0.2) is 0 Å². The molecule has 1 rings (SSSR count). The third-order valence-electron chi connectivity index (χ3n) is 2.23. The first-order valence-electron chi connectivity index (χ1n) is 3.98. The van der Waals surface area contributed by atoms with Gasteiger partial charge >= 0.3 is 6.09 Å². The second-order valence-electron chi connectivity index (χ2n) is 3.07. The largest absolute Gasteiger partial charge is 0.448 e. The van der Waals surface area contributed by atoms with Crippen LogP contribution in [0.3, 0.4) is 0 Å². The van der Waals surface area contributed by atoms with Crippen LogP contribution in [-0.4, -0.2) is 19.7 Å². The average Bonchev–Trinajstić information content (AvgIpc) is 2.03. The molecule has 0 unspecified atom stereocenters. The van der Waals surface area contributed by atoms with E-state index in [9.17, 15) is 4.79 Å². The molecular formula is C8H12N2O2. The SMILES string of the molecule is CNC(=O)OCC1(C#N)CCC1. The van der Waals surface area contributed by atoms with E-state index in [2.05, 4.69) is 11.4 Å². The van der Waals surface area contributed by atoms with E-state index in [1.54, 1.807) is 0 Å². The highest BCUT2D eigenvalue weighted by molar-refractivity contribution is 5.66. The lowest BCUT2D eigenvalue weighted by molar-refractivity contribution is 0.0683. The van der Waals surface area contributed by atoms with Crippen LogP contribution < -0.4 is 5.32 Å². The van der Waals surface area contributed by atoms with Gasteiger partial charge in [0, 0.05) is 7.05 Å². The number of alkyl carbamates (subject to hydrolysis) is 1. The molecule has 1 N–H and O–H groups in total. The Morgan fingerprint density at radius 2 is 2.42 bits per heavy atom. The molecule has 66 valence electrons. The van der Waals surface area contributed by atoms with Crippen LogP contribution in [0.5, 0.6) is 0 Å². The number of amides is 1. The topological polar surface area (TPSA) is 62.1 Å². The van der Waals surface area contributed by atoms with Crippen molar-refractivity contribution in [3.05, 3.63) is 0 Å². The van der Waals surface area contributed by atoms with E-state index in [-0.39, 0.29) is 12.0 Å². The van der Waals surface area contributed by atoms with Crippen molar-refractivity contribution < 1.29 is 9.53 Å². The van der Waals surface area contributed by atoms with E-state index in [1.165, 1.54) is 7.05 Å². The molecule has 0 aromatic carbocycles. The number of carbonyl (C=O) groups is 1. The maximum Gasteiger partial charge on any atom is 0.406 e. The van der Waals surface area contributed by atoms with Crippen LogP contribution in [0.25, 0.3) is 0 Å². The summed E-state index contributed by atoms with van der Waals surface area (Å²) >= 11 is 0. The molecule has 4 heteroatoms. The van der Waals surface area contributed by atoms with Crippen LogP contribution in [0.1, 0.15) is 19.3 Å². The summed E-state index contributed by atoms with van der Waals surface area (Å²) in [6.07, 6.45) is 2.29. The second kappa shape index (κ2) is 3.44. The van der Waals surface area contributed by atoms with Gasteiger partial charge in [-0.1, -0.05) is 6.42 Å². The van der Waals surface area contributed by atoms with Gasteiger partial charge in [-0.15, -0.1) is 0 Å². The predicted molar refractivity (Wildman–Crippen MR) is 42.3 cm³/mol. The predicted octanol–water partition coefficient (Wildman–Crippen LogP) is 1.04. The molecule has 0 bridgehead atoms. The molecule has 0 heterocycles. The van der Waals surface area contributed by atoms with Crippen LogP contribution in [0.4, 0.5) is 4.79 Å². The highest BCUT2D eigenvalue weighted by Crippen LogP contribution is 2.40. The van der Waals surface area contributed by atoms with Crippen molar-refractivity contribution in [1.82, 2.24) is 5.32 Å². The molecule has 0 saturated heterocycles. The Balaban J connectivity index is 2.31. The standard InChI is InChI=1S/C8H12N2O2/c1-10-7(11)12-6-8(5-9)3-2-4-8/h2-4,6H2,1H3,(H,10,11). The van der Waals surface area contributed by atoms with Gasteiger partial charge in [0.2, 0.25) is 0 Å². The Hall–Kier alpha value is -1.24. The molecule has 0 atom stereocenters. The van der Waals surface area contributed by atoms with E-state index in [0.717, 1.165) is 19.3 Å².